The number of rotatable bonds is 4. The number of ketones is 1. The monoisotopic (exact) mass is 251 g/mol. The van der Waals surface area contributed by atoms with Gasteiger partial charge in [0.05, 0.1) is 12.4 Å². The molecule has 0 radical (unpaired) electrons. The minimum atomic E-state index is -0.344. The Hall–Kier alpha value is -1.16. The van der Waals surface area contributed by atoms with Crippen LogP contribution in [0.5, 0.6) is 0 Å². The maximum Gasteiger partial charge on any atom is 0.156 e. The molecule has 4 nitrogen and oxygen atoms in total. The van der Waals surface area contributed by atoms with Crippen LogP contribution in [0.1, 0.15) is 41.5 Å². The van der Waals surface area contributed by atoms with Gasteiger partial charge in [-0.1, -0.05) is 20.8 Å². The molecule has 1 N–H and O–H groups in total. The predicted octanol–water partition coefficient (Wildman–Crippen LogP) is 2.25. The van der Waals surface area contributed by atoms with E-state index in [4.69, 9.17) is 0 Å². The zero-order valence-corrected chi connectivity index (χ0v) is 12.3. The van der Waals surface area contributed by atoms with E-state index in [-0.39, 0.29) is 22.8 Å². The first kappa shape index (κ1) is 14.9. The Bertz CT molecular complexity index is 382. The summed E-state index contributed by atoms with van der Waals surface area (Å²) in [5.74, 6) is 0.228. The van der Waals surface area contributed by atoms with Crippen LogP contribution in [0.25, 0.3) is 0 Å². The van der Waals surface area contributed by atoms with Crippen molar-refractivity contribution in [3.8, 4) is 0 Å². The SMILES string of the molecule is CC(C)(C)N[C@@H](Cn1ccnc1)C(=O)C(C)(C)C. The summed E-state index contributed by atoms with van der Waals surface area (Å²) in [5.41, 5.74) is -0.435. The zero-order chi connectivity index (χ0) is 14.0. The maximum atomic E-state index is 12.5. The van der Waals surface area contributed by atoms with Crippen molar-refractivity contribution in [3.05, 3.63) is 18.7 Å². The van der Waals surface area contributed by atoms with Gasteiger partial charge in [-0.05, 0) is 20.8 Å². The van der Waals surface area contributed by atoms with Crippen LogP contribution in [0.3, 0.4) is 0 Å². The Morgan fingerprint density at radius 1 is 1.28 bits per heavy atom. The highest BCUT2D eigenvalue weighted by atomic mass is 16.1. The summed E-state index contributed by atoms with van der Waals surface area (Å²) >= 11 is 0. The van der Waals surface area contributed by atoms with Crippen LogP contribution in [0.4, 0.5) is 0 Å². The molecule has 0 saturated carbocycles. The Balaban J connectivity index is 2.85. The van der Waals surface area contributed by atoms with E-state index >= 15 is 0 Å². The molecular formula is C14H25N3O. The average molecular weight is 251 g/mol. The standard InChI is InChI=1S/C14H25N3O/c1-13(2,3)12(18)11(16-14(4,5)6)9-17-8-7-15-10-17/h7-8,10-11,16H,9H2,1-6H3/t11-/m0/s1. The van der Waals surface area contributed by atoms with Crippen molar-refractivity contribution in [3.63, 3.8) is 0 Å². The Kier molecular flexibility index (Phi) is 4.32. The smallest absolute Gasteiger partial charge is 0.156 e. The number of nitrogens with zero attached hydrogens (tertiary/aromatic N) is 2. The molecule has 1 aromatic heterocycles. The van der Waals surface area contributed by atoms with Gasteiger partial charge in [0, 0.05) is 29.9 Å². The molecule has 0 aliphatic rings. The molecule has 1 heterocycles. The number of carbonyl (C=O) groups is 1. The lowest BCUT2D eigenvalue weighted by atomic mass is 9.85. The van der Waals surface area contributed by atoms with E-state index in [1.807, 2.05) is 31.5 Å². The second-order valence-electron chi connectivity index (χ2n) is 6.82. The fraction of sp³-hybridized carbons (Fsp3) is 0.714. The molecule has 0 amide bonds. The van der Waals surface area contributed by atoms with Crippen molar-refractivity contribution in [2.24, 2.45) is 5.41 Å². The molecular weight excluding hydrogens is 226 g/mol. The minimum absolute atomic E-state index is 0.0911. The molecule has 0 spiro atoms. The van der Waals surface area contributed by atoms with Gasteiger partial charge < -0.3 is 9.88 Å². The third-order valence-electron chi connectivity index (χ3n) is 2.62. The van der Waals surface area contributed by atoms with Gasteiger partial charge in [0.1, 0.15) is 0 Å². The number of aromatic nitrogens is 2. The average Bonchev–Trinajstić information content (AvgIpc) is 2.64. The number of nitrogens with one attached hydrogen (secondary N) is 1. The summed E-state index contributed by atoms with van der Waals surface area (Å²) in [6.45, 7) is 12.7. The second-order valence-corrected chi connectivity index (χ2v) is 6.82. The molecule has 0 aliphatic carbocycles. The van der Waals surface area contributed by atoms with Gasteiger partial charge in [-0.3, -0.25) is 4.79 Å². The maximum absolute atomic E-state index is 12.5. The third-order valence-corrected chi connectivity index (χ3v) is 2.62. The fourth-order valence-corrected chi connectivity index (χ4v) is 1.85. The highest BCUT2D eigenvalue weighted by molar-refractivity contribution is 5.88. The highest BCUT2D eigenvalue weighted by Gasteiger charge is 2.32. The molecule has 0 aromatic carbocycles. The third kappa shape index (κ3) is 4.61. The first-order chi connectivity index (χ1) is 8.09. The van der Waals surface area contributed by atoms with Gasteiger partial charge in [-0.2, -0.15) is 0 Å². The molecule has 1 atom stereocenters. The van der Waals surface area contributed by atoms with E-state index in [1.54, 1.807) is 12.5 Å². The molecule has 0 bridgehead atoms. The number of imidazole rings is 1. The molecule has 4 heteroatoms. The summed E-state index contributed by atoms with van der Waals surface area (Å²) in [6.07, 6.45) is 5.36. The van der Waals surface area contributed by atoms with E-state index in [0.717, 1.165) is 0 Å². The minimum Gasteiger partial charge on any atom is -0.335 e. The summed E-state index contributed by atoms with van der Waals surface area (Å²) in [4.78, 5) is 16.5. The lowest BCUT2D eigenvalue weighted by molar-refractivity contribution is -0.129. The van der Waals surface area contributed by atoms with Gasteiger partial charge in [0.15, 0.2) is 5.78 Å². The largest absolute Gasteiger partial charge is 0.335 e. The van der Waals surface area contributed by atoms with E-state index < -0.39 is 0 Å². The second kappa shape index (κ2) is 5.22. The molecule has 0 unspecified atom stereocenters. The van der Waals surface area contributed by atoms with Crippen molar-refractivity contribution in [1.82, 2.24) is 14.9 Å². The van der Waals surface area contributed by atoms with Crippen LogP contribution in [0.15, 0.2) is 18.7 Å². The number of hydrogen-bond acceptors (Lipinski definition) is 3. The van der Waals surface area contributed by atoms with Gasteiger partial charge >= 0.3 is 0 Å². The van der Waals surface area contributed by atoms with Crippen molar-refractivity contribution >= 4 is 5.78 Å². The van der Waals surface area contributed by atoms with Crippen LogP contribution in [-0.2, 0) is 11.3 Å². The van der Waals surface area contributed by atoms with Crippen molar-refractivity contribution in [2.45, 2.75) is 59.7 Å². The van der Waals surface area contributed by atoms with Gasteiger partial charge in [0.25, 0.3) is 0 Å². The van der Waals surface area contributed by atoms with Crippen LogP contribution < -0.4 is 5.32 Å². The Labute approximate surface area is 110 Å². The van der Waals surface area contributed by atoms with E-state index in [2.05, 4.69) is 31.1 Å². The zero-order valence-electron chi connectivity index (χ0n) is 12.3. The first-order valence-electron chi connectivity index (χ1n) is 6.37. The van der Waals surface area contributed by atoms with E-state index in [1.165, 1.54) is 0 Å². The lowest BCUT2D eigenvalue weighted by Crippen LogP contribution is -2.52. The molecule has 0 fully saturated rings. The molecule has 102 valence electrons. The topological polar surface area (TPSA) is 46.9 Å². The summed E-state index contributed by atoms with van der Waals surface area (Å²) in [7, 11) is 0. The van der Waals surface area contributed by atoms with Gasteiger partial charge in [0.2, 0.25) is 0 Å². The van der Waals surface area contributed by atoms with Crippen molar-refractivity contribution < 1.29 is 4.79 Å². The molecule has 1 rings (SSSR count). The molecule has 1 aromatic rings. The van der Waals surface area contributed by atoms with Crippen LogP contribution in [-0.4, -0.2) is 26.9 Å². The number of Topliss-reactive ketones (excluding diaryl/α,β-unsaturated/α-hetero) is 1. The quantitative estimate of drug-likeness (QED) is 0.893. The summed E-state index contributed by atoms with van der Waals surface area (Å²) in [5, 5.41) is 3.40. The highest BCUT2D eigenvalue weighted by Crippen LogP contribution is 2.19. The van der Waals surface area contributed by atoms with Gasteiger partial charge in [-0.15, -0.1) is 0 Å². The molecule has 0 saturated heterocycles. The molecule has 18 heavy (non-hydrogen) atoms. The number of carbonyl (C=O) groups excluding carboxylic acids is 1. The predicted molar refractivity (Wildman–Crippen MR) is 73.4 cm³/mol. The van der Waals surface area contributed by atoms with E-state index in [0.29, 0.717) is 6.54 Å². The fourth-order valence-electron chi connectivity index (χ4n) is 1.85. The van der Waals surface area contributed by atoms with Crippen LogP contribution in [0.2, 0.25) is 0 Å². The van der Waals surface area contributed by atoms with Crippen LogP contribution in [0, 0.1) is 5.41 Å². The normalized spacial score (nSPS) is 14.6. The molecule has 0 aliphatic heterocycles. The Morgan fingerprint density at radius 2 is 1.89 bits per heavy atom. The summed E-state index contributed by atoms with van der Waals surface area (Å²) < 4.78 is 1.94. The Morgan fingerprint density at radius 3 is 2.28 bits per heavy atom. The van der Waals surface area contributed by atoms with Gasteiger partial charge in [-0.25, -0.2) is 4.98 Å². The van der Waals surface area contributed by atoms with Crippen LogP contribution >= 0.6 is 0 Å². The van der Waals surface area contributed by atoms with Crippen molar-refractivity contribution in [2.75, 3.05) is 0 Å². The van der Waals surface area contributed by atoms with Crippen molar-refractivity contribution in [1.29, 1.82) is 0 Å². The number of hydrogen-bond donors (Lipinski definition) is 1. The summed E-state index contributed by atoms with van der Waals surface area (Å²) in [6, 6.07) is -0.195. The van der Waals surface area contributed by atoms with E-state index in [9.17, 15) is 4.79 Å². The lowest BCUT2D eigenvalue weighted by Gasteiger charge is -2.31. The first-order valence-corrected chi connectivity index (χ1v) is 6.37.